The molecule has 2 aromatic heterocycles. The molecular formula is C25H30F6N6O5. The van der Waals surface area contributed by atoms with Gasteiger partial charge in [0.25, 0.3) is 5.91 Å². The van der Waals surface area contributed by atoms with E-state index in [1.807, 2.05) is 18.5 Å². The van der Waals surface area contributed by atoms with Crippen molar-refractivity contribution < 1.29 is 50.9 Å². The Balaban J connectivity index is 0.000000289. The van der Waals surface area contributed by atoms with Gasteiger partial charge >= 0.3 is 24.3 Å². The summed E-state index contributed by atoms with van der Waals surface area (Å²) < 4.78 is 65.6. The van der Waals surface area contributed by atoms with E-state index in [4.69, 9.17) is 19.8 Å². The highest BCUT2D eigenvalue weighted by Gasteiger charge is 2.41. The second kappa shape index (κ2) is 13.5. The van der Waals surface area contributed by atoms with Crippen LogP contribution < -0.4 is 5.32 Å². The minimum atomic E-state index is -5.08. The summed E-state index contributed by atoms with van der Waals surface area (Å²) in [4.78, 5) is 37.2. The summed E-state index contributed by atoms with van der Waals surface area (Å²) in [6.07, 6.45) is 1.40. The van der Waals surface area contributed by atoms with Crippen LogP contribution in [-0.4, -0.2) is 84.2 Å². The first-order valence-corrected chi connectivity index (χ1v) is 13.0. The number of piperidine rings is 1. The molecule has 1 aliphatic carbocycles. The molecule has 11 nitrogen and oxygen atoms in total. The van der Waals surface area contributed by atoms with Gasteiger partial charge in [0.1, 0.15) is 5.82 Å². The SMILES string of the molecule is O=C(NC1CCC1)c1nnc2n1CC1(CC2)CCN(Cc2cccnc2)CC1.O=C(O)C(F)(F)F.O=C(O)C(F)(F)F. The van der Waals surface area contributed by atoms with Crippen LogP contribution in [0.5, 0.6) is 0 Å². The zero-order valence-corrected chi connectivity index (χ0v) is 22.3. The van der Waals surface area contributed by atoms with Crippen molar-refractivity contribution in [1.29, 1.82) is 0 Å². The summed E-state index contributed by atoms with van der Waals surface area (Å²) in [7, 11) is 0. The lowest BCUT2D eigenvalue weighted by molar-refractivity contribution is -0.193. The molecule has 232 valence electrons. The number of pyridine rings is 1. The molecule has 2 aliphatic heterocycles. The Kier molecular flexibility index (Phi) is 10.5. The smallest absolute Gasteiger partial charge is 0.475 e. The lowest BCUT2D eigenvalue weighted by atomic mass is 9.73. The van der Waals surface area contributed by atoms with E-state index < -0.39 is 24.3 Å². The molecule has 3 aliphatic rings. The molecule has 0 radical (unpaired) electrons. The number of hydrogen-bond acceptors (Lipinski definition) is 7. The number of fused-ring (bicyclic) bond motifs is 1. The zero-order chi connectivity index (χ0) is 31.1. The van der Waals surface area contributed by atoms with E-state index in [1.54, 1.807) is 0 Å². The van der Waals surface area contributed by atoms with Crippen LogP contribution in [0.15, 0.2) is 24.5 Å². The standard InChI is InChI=1S/C21H28N6O.2C2HF3O2/c28-20(23-17-4-1-5-17)19-25-24-18-6-7-21(15-27(18)19)8-11-26(12-9-21)14-16-3-2-10-22-13-16;2*3-2(4,5)1(6)7/h2-3,10,13,17H,1,4-9,11-12,14-15H2,(H,23,28);2*(H,6,7). The number of rotatable bonds is 4. The van der Waals surface area contributed by atoms with Gasteiger partial charge in [-0.1, -0.05) is 6.07 Å². The number of nitrogens with one attached hydrogen (secondary N) is 1. The maximum absolute atomic E-state index is 12.7. The molecule has 0 atom stereocenters. The average Bonchev–Trinajstić information content (AvgIpc) is 3.31. The molecule has 1 saturated heterocycles. The van der Waals surface area contributed by atoms with Crippen LogP contribution in [0, 0.1) is 5.41 Å². The van der Waals surface area contributed by atoms with Crippen LogP contribution in [0.2, 0.25) is 0 Å². The van der Waals surface area contributed by atoms with Crippen molar-refractivity contribution >= 4 is 17.8 Å². The number of halogens is 6. The normalized spacial score (nSPS) is 18.3. The summed E-state index contributed by atoms with van der Waals surface area (Å²) in [5.41, 5.74) is 1.55. The molecule has 0 aromatic carbocycles. The third-order valence-electron chi connectivity index (χ3n) is 7.37. The molecule has 1 spiro atoms. The molecule has 1 amide bonds. The van der Waals surface area contributed by atoms with Crippen molar-refractivity contribution in [2.24, 2.45) is 5.41 Å². The lowest BCUT2D eigenvalue weighted by Gasteiger charge is -2.44. The van der Waals surface area contributed by atoms with Crippen molar-refractivity contribution in [3.63, 3.8) is 0 Å². The monoisotopic (exact) mass is 608 g/mol. The van der Waals surface area contributed by atoms with Crippen LogP contribution in [-0.2, 0) is 29.1 Å². The Morgan fingerprint density at radius 3 is 2.05 bits per heavy atom. The van der Waals surface area contributed by atoms with E-state index in [0.717, 1.165) is 70.5 Å². The predicted octanol–water partition coefficient (Wildman–Crippen LogP) is 3.45. The first-order chi connectivity index (χ1) is 19.6. The second-order valence-corrected chi connectivity index (χ2v) is 10.4. The zero-order valence-electron chi connectivity index (χ0n) is 22.3. The first-order valence-electron chi connectivity index (χ1n) is 13.0. The van der Waals surface area contributed by atoms with Gasteiger partial charge in [0.15, 0.2) is 0 Å². The topological polar surface area (TPSA) is 151 Å². The molecule has 0 unspecified atom stereocenters. The number of alkyl halides is 6. The van der Waals surface area contributed by atoms with E-state index in [2.05, 4.69) is 36.0 Å². The van der Waals surface area contributed by atoms with E-state index in [9.17, 15) is 31.1 Å². The number of carboxylic acids is 2. The quantitative estimate of drug-likeness (QED) is 0.444. The predicted molar refractivity (Wildman–Crippen MR) is 132 cm³/mol. The van der Waals surface area contributed by atoms with Gasteiger partial charge in [0.2, 0.25) is 5.82 Å². The molecule has 4 heterocycles. The van der Waals surface area contributed by atoms with Gasteiger partial charge in [0, 0.05) is 37.9 Å². The number of aliphatic carboxylic acids is 2. The van der Waals surface area contributed by atoms with E-state index in [1.165, 1.54) is 12.0 Å². The van der Waals surface area contributed by atoms with Crippen molar-refractivity contribution in [1.82, 2.24) is 30.0 Å². The van der Waals surface area contributed by atoms with Crippen LogP contribution in [0.25, 0.3) is 0 Å². The summed E-state index contributed by atoms with van der Waals surface area (Å²) in [6, 6.07) is 4.48. The molecule has 1 saturated carbocycles. The van der Waals surface area contributed by atoms with E-state index in [0.29, 0.717) is 11.9 Å². The molecule has 2 fully saturated rings. The number of aryl methyl sites for hydroxylation is 1. The molecule has 2 aromatic rings. The molecule has 3 N–H and O–H groups in total. The highest BCUT2D eigenvalue weighted by molar-refractivity contribution is 5.91. The molecule has 5 rings (SSSR count). The maximum Gasteiger partial charge on any atom is 0.490 e. The summed E-state index contributed by atoms with van der Waals surface area (Å²) in [6.45, 7) is 4.03. The number of aromatic nitrogens is 4. The third kappa shape index (κ3) is 9.12. The fraction of sp³-hybridized carbons (Fsp3) is 0.600. The first kappa shape index (κ1) is 32.8. The molecule has 17 heteroatoms. The fourth-order valence-corrected chi connectivity index (χ4v) is 4.79. The Morgan fingerprint density at radius 2 is 1.57 bits per heavy atom. The van der Waals surface area contributed by atoms with Gasteiger partial charge in [-0.3, -0.25) is 14.7 Å². The largest absolute Gasteiger partial charge is 0.490 e. The van der Waals surface area contributed by atoms with E-state index in [-0.39, 0.29) is 11.3 Å². The van der Waals surface area contributed by atoms with Gasteiger partial charge < -0.3 is 20.1 Å². The summed E-state index contributed by atoms with van der Waals surface area (Å²) in [5.74, 6) is -4.07. The highest BCUT2D eigenvalue weighted by Crippen LogP contribution is 2.41. The average molecular weight is 609 g/mol. The highest BCUT2D eigenvalue weighted by atomic mass is 19.4. The number of carbonyl (C=O) groups is 3. The van der Waals surface area contributed by atoms with Crippen molar-refractivity contribution in [3.05, 3.63) is 41.7 Å². The van der Waals surface area contributed by atoms with Crippen molar-refractivity contribution in [2.75, 3.05) is 13.1 Å². The lowest BCUT2D eigenvalue weighted by Crippen LogP contribution is -2.45. The third-order valence-corrected chi connectivity index (χ3v) is 7.37. The molecule has 0 bridgehead atoms. The number of hydrogen-bond donors (Lipinski definition) is 3. The van der Waals surface area contributed by atoms with Crippen molar-refractivity contribution in [3.8, 4) is 0 Å². The Bertz CT molecular complexity index is 1200. The maximum atomic E-state index is 12.7. The van der Waals surface area contributed by atoms with Gasteiger partial charge in [-0.2, -0.15) is 26.3 Å². The number of carbonyl (C=O) groups excluding carboxylic acids is 1. The van der Waals surface area contributed by atoms with Gasteiger partial charge in [-0.25, -0.2) is 9.59 Å². The summed E-state index contributed by atoms with van der Waals surface area (Å²) in [5, 5.41) is 25.9. The second-order valence-electron chi connectivity index (χ2n) is 10.4. The minimum absolute atomic E-state index is 0.0467. The number of amides is 1. The van der Waals surface area contributed by atoms with Crippen LogP contribution in [0.3, 0.4) is 0 Å². The Morgan fingerprint density at radius 1 is 0.976 bits per heavy atom. The molecule has 42 heavy (non-hydrogen) atoms. The molecular weight excluding hydrogens is 578 g/mol. The Labute approximate surface area is 235 Å². The summed E-state index contributed by atoms with van der Waals surface area (Å²) >= 11 is 0. The van der Waals surface area contributed by atoms with Crippen LogP contribution in [0.1, 0.15) is 60.5 Å². The fourth-order valence-electron chi connectivity index (χ4n) is 4.79. The van der Waals surface area contributed by atoms with Crippen molar-refractivity contribution in [2.45, 2.75) is 76.4 Å². The Hall–Kier alpha value is -3.76. The van der Waals surface area contributed by atoms with Gasteiger partial charge in [-0.05, 0) is 68.7 Å². The van der Waals surface area contributed by atoms with E-state index >= 15 is 0 Å². The number of carboxylic acid groups (broad SMARTS) is 2. The number of nitrogens with zero attached hydrogens (tertiary/aromatic N) is 5. The van der Waals surface area contributed by atoms with Gasteiger partial charge in [-0.15, -0.1) is 10.2 Å². The van der Waals surface area contributed by atoms with Crippen LogP contribution >= 0.6 is 0 Å². The minimum Gasteiger partial charge on any atom is -0.475 e. The van der Waals surface area contributed by atoms with Crippen LogP contribution in [0.4, 0.5) is 26.3 Å². The van der Waals surface area contributed by atoms with Gasteiger partial charge in [0.05, 0.1) is 0 Å². The number of likely N-dealkylation sites (tertiary alicyclic amines) is 1.